The summed E-state index contributed by atoms with van der Waals surface area (Å²) in [6, 6.07) is 3.87. The van der Waals surface area contributed by atoms with Gasteiger partial charge in [0.25, 0.3) is 0 Å². The first-order valence-corrected chi connectivity index (χ1v) is 9.06. The number of benzene rings is 1. The van der Waals surface area contributed by atoms with E-state index in [1.807, 2.05) is 6.92 Å². The van der Waals surface area contributed by atoms with Crippen LogP contribution in [0.4, 0.5) is 0 Å². The Hall–Kier alpha value is -1.64. The number of aromatic carboxylic acids is 1. The van der Waals surface area contributed by atoms with Crippen LogP contribution in [0.5, 0.6) is 5.75 Å². The van der Waals surface area contributed by atoms with Crippen molar-refractivity contribution < 1.29 is 23.1 Å². The Bertz CT molecular complexity index is 666. The van der Waals surface area contributed by atoms with E-state index >= 15 is 0 Å². The van der Waals surface area contributed by atoms with Crippen LogP contribution < -0.4 is 4.74 Å². The Kier molecular flexibility index (Phi) is 5.61. The van der Waals surface area contributed by atoms with Crippen LogP contribution in [0.25, 0.3) is 0 Å². The lowest BCUT2D eigenvalue weighted by molar-refractivity contribution is 0.0696. The summed E-state index contributed by atoms with van der Waals surface area (Å²) in [6.45, 7) is 7.14. The molecule has 1 aliphatic heterocycles. The first kappa shape index (κ1) is 17.7. The van der Waals surface area contributed by atoms with Crippen molar-refractivity contribution in [2.75, 3.05) is 39.3 Å². The third-order valence-electron chi connectivity index (χ3n) is 3.89. The maximum absolute atomic E-state index is 12.8. The van der Waals surface area contributed by atoms with Gasteiger partial charge in [-0.2, -0.15) is 4.31 Å². The number of ether oxygens (including phenoxy) is 1. The summed E-state index contributed by atoms with van der Waals surface area (Å²) >= 11 is 0. The van der Waals surface area contributed by atoms with Crippen molar-refractivity contribution in [2.45, 2.75) is 18.7 Å². The predicted molar refractivity (Wildman–Crippen MR) is 85.4 cm³/mol. The van der Waals surface area contributed by atoms with Crippen LogP contribution in [0.15, 0.2) is 23.1 Å². The molecule has 1 aromatic carbocycles. The quantitative estimate of drug-likeness (QED) is 0.833. The van der Waals surface area contributed by atoms with Gasteiger partial charge in [-0.1, -0.05) is 6.92 Å². The molecular formula is C15H22N2O5S. The van der Waals surface area contributed by atoms with Crippen molar-refractivity contribution in [3.63, 3.8) is 0 Å². The number of piperazine rings is 1. The first-order valence-electron chi connectivity index (χ1n) is 7.62. The maximum Gasteiger partial charge on any atom is 0.335 e. The number of nitrogens with zero attached hydrogens (tertiary/aromatic N) is 2. The fourth-order valence-electron chi connectivity index (χ4n) is 2.55. The highest BCUT2D eigenvalue weighted by atomic mass is 32.2. The lowest BCUT2D eigenvalue weighted by Crippen LogP contribution is -2.48. The molecule has 0 aliphatic carbocycles. The maximum atomic E-state index is 12.8. The molecule has 1 aliphatic rings. The van der Waals surface area contributed by atoms with Crippen molar-refractivity contribution in [1.29, 1.82) is 0 Å². The zero-order valence-corrected chi connectivity index (χ0v) is 14.2. The molecule has 1 fully saturated rings. The van der Waals surface area contributed by atoms with Crippen LogP contribution in [0.1, 0.15) is 24.2 Å². The van der Waals surface area contributed by atoms with Crippen molar-refractivity contribution >= 4 is 16.0 Å². The second kappa shape index (κ2) is 7.29. The lowest BCUT2D eigenvalue weighted by atomic mass is 10.2. The summed E-state index contributed by atoms with van der Waals surface area (Å²) in [5, 5.41) is 9.06. The van der Waals surface area contributed by atoms with Crippen molar-refractivity contribution in [2.24, 2.45) is 0 Å². The molecular weight excluding hydrogens is 320 g/mol. The van der Waals surface area contributed by atoms with Gasteiger partial charge < -0.3 is 14.7 Å². The standard InChI is InChI=1S/C15H22N2O5S/c1-3-16-7-9-17(10-8-16)23(20,21)14-6-5-12(15(18)19)11-13(14)22-4-2/h5-6,11H,3-4,7-10H2,1-2H3,(H,18,19). The number of carboxylic acid groups (broad SMARTS) is 1. The van der Waals surface area contributed by atoms with Crippen molar-refractivity contribution in [3.05, 3.63) is 23.8 Å². The Morgan fingerprint density at radius 2 is 1.87 bits per heavy atom. The van der Waals surface area contributed by atoms with Crippen LogP contribution in [-0.4, -0.2) is 68.0 Å². The van der Waals surface area contributed by atoms with Gasteiger partial charge in [0.1, 0.15) is 10.6 Å². The van der Waals surface area contributed by atoms with Gasteiger partial charge in [-0.15, -0.1) is 0 Å². The number of carboxylic acids is 1. The number of hydrogen-bond donors (Lipinski definition) is 1. The van der Waals surface area contributed by atoms with Gasteiger partial charge in [-0.25, -0.2) is 13.2 Å². The largest absolute Gasteiger partial charge is 0.492 e. The smallest absolute Gasteiger partial charge is 0.335 e. The van der Waals surface area contributed by atoms with Gasteiger partial charge in [-0.3, -0.25) is 0 Å². The molecule has 0 aromatic heterocycles. The van der Waals surface area contributed by atoms with E-state index < -0.39 is 16.0 Å². The van der Waals surface area contributed by atoms with Crippen LogP contribution in [0.2, 0.25) is 0 Å². The predicted octanol–water partition coefficient (Wildman–Crippen LogP) is 1.11. The molecule has 0 atom stereocenters. The minimum absolute atomic E-state index is 0.00297. The minimum atomic E-state index is -3.70. The van der Waals surface area contributed by atoms with Gasteiger partial charge in [-0.05, 0) is 31.7 Å². The van der Waals surface area contributed by atoms with Crippen molar-refractivity contribution in [3.8, 4) is 5.75 Å². The van der Waals surface area contributed by atoms with E-state index in [2.05, 4.69) is 4.90 Å². The normalized spacial score (nSPS) is 17.1. The van der Waals surface area contributed by atoms with E-state index in [0.717, 1.165) is 6.54 Å². The van der Waals surface area contributed by atoms with Crippen LogP contribution in [0, 0.1) is 0 Å². The molecule has 128 valence electrons. The second-order valence-electron chi connectivity index (χ2n) is 5.24. The molecule has 8 heteroatoms. The van der Waals surface area contributed by atoms with E-state index in [4.69, 9.17) is 9.84 Å². The summed E-state index contributed by atoms with van der Waals surface area (Å²) in [7, 11) is -3.70. The van der Waals surface area contributed by atoms with E-state index in [1.165, 1.54) is 22.5 Å². The highest BCUT2D eigenvalue weighted by molar-refractivity contribution is 7.89. The average Bonchev–Trinajstić information content (AvgIpc) is 2.55. The van der Waals surface area contributed by atoms with E-state index in [0.29, 0.717) is 26.2 Å². The van der Waals surface area contributed by atoms with E-state index in [9.17, 15) is 13.2 Å². The number of rotatable bonds is 6. The minimum Gasteiger partial charge on any atom is -0.492 e. The molecule has 0 spiro atoms. The molecule has 0 unspecified atom stereocenters. The molecule has 7 nitrogen and oxygen atoms in total. The summed E-state index contributed by atoms with van der Waals surface area (Å²) in [5.74, 6) is -1.03. The van der Waals surface area contributed by atoms with Gasteiger partial charge in [0, 0.05) is 26.2 Å². The number of hydrogen-bond acceptors (Lipinski definition) is 5. The summed E-state index contributed by atoms with van der Waals surface area (Å²) in [4.78, 5) is 13.3. The second-order valence-corrected chi connectivity index (χ2v) is 7.14. The van der Waals surface area contributed by atoms with Crippen LogP contribution in [-0.2, 0) is 10.0 Å². The van der Waals surface area contributed by atoms with Crippen LogP contribution in [0.3, 0.4) is 0 Å². The molecule has 0 amide bonds. The summed E-state index contributed by atoms with van der Waals surface area (Å²) < 4.78 is 32.5. The summed E-state index contributed by atoms with van der Waals surface area (Å²) in [5.41, 5.74) is 0.00297. The fraction of sp³-hybridized carbons (Fsp3) is 0.533. The Labute approximate surface area is 136 Å². The zero-order chi connectivity index (χ0) is 17.0. The Morgan fingerprint density at radius 3 is 2.39 bits per heavy atom. The molecule has 0 bridgehead atoms. The Morgan fingerprint density at radius 1 is 1.22 bits per heavy atom. The molecule has 0 saturated carbocycles. The van der Waals surface area contributed by atoms with E-state index in [-0.39, 0.29) is 22.8 Å². The highest BCUT2D eigenvalue weighted by Crippen LogP contribution is 2.29. The SMILES string of the molecule is CCOc1cc(C(=O)O)ccc1S(=O)(=O)N1CCN(CC)CC1. The molecule has 1 aromatic rings. The molecule has 1 N–H and O–H groups in total. The molecule has 1 heterocycles. The molecule has 0 radical (unpaired) electrons. The number of likely N-dealkylation sites (N-methyl/N-ethyl adjacent to an activating group) is 1. The third kappa shape index (κ3) is 3.82. The van der Waals surface area contributed by atoms with Gasteiger partial charge in [0.05, 0.1) is 12.2 Å². The van der Waals surface area contributed by atoms with Gasteiger partial charge in [0.2, 0.25) is 10.0 Å². The highest BCUT2D eigenvalue weighted by Gasteiger charge is 2.31. The number of sulfonamides is 1. The number of carbonyl (C=O) groups is 1. The third-order valence-corrected chi connectivity index (χ3v) is 5.82. The first-order chi connectivity index (χ1) is 10.9. The zero-order valence-electron chi connectivity index (χ0n) is 13.4. The topological polar surface area (TPSA) is 87.1 Å². The molecule has 1 saturated heterocycles. The van der Waals surface area contributed by atoms with Crippen LogP contribution >= 0.6 is 0 Å². The van der Waals surface area contributed by atoms with Crippen molar-refractivity contribution in [1.82, 2.24) is 9.21 Å². The average molecular weight is 342 g/mol. The molecule has 23 heavy (non-hydrogen) atoms. The van der Waals surface area contributed by atoms with Gasteiger partial charge >= 0.3 is 5.97 Å². The lowest BCUT2D eigenvalue weighted by Gasteiger charge is -2.33. The Balaban J connectivity index is 2.33. The molecule has 2 rings (SSSR count). The van der Waals surface area contributed by atoms with Gasteiger partial charge in [0.15, 0.2) is 0 Å². The monoisotopic (exact) mass is 342 g/mol. The summed E-state index contributed by atoms with van der Waals surface area (Å²) in [6.07, 6.45) is 0. The van der Waals surface area contributed by atoms with E-state index in [1.54, 1.807) is 6.92 Å². The fourth-order valence-corrected chi connectivity index (χ4v) is 4.08.